The zero-order valence-electron chi connectivity index (χ0n) is 16.3. The molecule has 0 radical (unpaired) electrons. The largest absolute Gasteiger partial charge is 0.550 e. The van der Waals surface area contributed by atoms with Crippen LogP contribution in [0.1, 0.15) is 42.0 Å². The summed E-state index contributed by atoms with van der Waals surface area (Å²) in [5.74, 6) is -1.96. The van der Waals surface area contributed by atoms with Gasteiger partial charge in [-0.3, -0.25) is 4.79 Å². The van der Waals surface area contributed by atoms with Crippen LogP contribution in [0.4, 0.5) is 0 Å². The number of rotatable bonds is 7. The molecule has 1 amide bonds. The van der Waals surface area contributed by atoms with Crippen molar-refractivity contribution >= 4 is 27.4 Å². The monoisotopic (exact) mass is 429 g/mol. The number of phenols is 1. The summed E-state index contributed by atoms with van der Waals surface area (Å²) < 4.78 is 23.2. The molecule has 0 unspecified atom stereocenters. The summed E-state index contributed by atoms with van der Waals surface area (Å²) in [6, 6.07) is 12.8. The number of aromatic hydroxyl groups is 1. The van der Waals surface area contributed by atoms with Gasteiger partial charge in [-0.25, -0.2) is 13.4 Å². The molecule has 1 atom stereocenters. The number of hydrogen-bond donors (Lipinski definition) is 1. The van der Waals surface area contributed by atoms with Crippen LogP contribution in [0, 0.1) is 0 Å². The van der Waals surface area contributed by atoms with Gasteiger partial charge in [0.2, 0.25) is 5.91 Å². The summed E-state index contributed by atoms with van der Waals surface area (Å²) in [4.78, 5) is 23.4. The first-order valence-corrected chi connectivity index (χ1v) is 11.3. The smallest absolute Gasteiger partial charge is 0.243 e. The number of para-hydroxylation sites is 1. The highest BCUT2D eigenvalue weighted by Gasteiger charge is 2.34. The molecule has 1 N–H and O–H groups in total. The maximum absolute atomic E-state index is 12.6. The summed E-state index contributed by atoms with van der Waals surface area (Å²) in [6.07, 6.45) is 0.727. The molecule has 0 aliphatic carbocycles. The minimum atomic E-state index is -3.22. The van der Waals surface area contributed by atoms with E-state index >= 15 is 0 Å². The van der Waals surface area contributed by atoms with E-state index in [0.717, 1.165) is 6.26 Å². The van der Waals surface area contributed by atoms with Gasteiger partial charge in [-0.05, 0) is 29.7 Å². The quantitative estimate of drug-likeness (QED) is 0.703. The number of carboxylic acid groups (broad SMARTS) is 1. The molecule has 0 aromatic heterocycles. The number of hydrazone groups is 1. The van der Waals surface area contributed by atoms with Crippen LogP contribution < -0.4 is 5.11 Å². The van der Waals surface area contributed by atoms with Gasteiger partial charge in [0, 0.05) is 30.6 Å². The Balaban J connectivity index is 1.95. The molecular weight excluding hydrogens is 408 g/mol. The molecule has 30 heavy (non-hydrogen) atoms. The van der Waals surface area contributed by atoms with Gasteiger partial charge in [-0.15, -0.1) is 0 Å². The van der Waals surface area contributed by atoms with Crippen molar-refractivity contribution < 1.29 is 28.2 Å². The van der Waals surface area contributed by atoms with Gasteiger partial charge in [-0.2, -0.15) is 5.10 Å². The van der Waals surface area contributed by atoms with Crippen molar-refractivity contribution in [2.45, 2.75) is 31.1 Å². The fraction of sp³-hybridized carbons (Fsp3) is 0.286. The average Bonchev–Trinajstić information content (AvgIpc) is 3.10. The second-order valence-electron chi connectivity index (χ2n) is 7.21. The lowest BCUT2D eigenvalue weighted by Crippen LogP contribution is -2.29. The van der Waals surface area contributed by atoms with Crippen molar-refractivity contribution in [1.82, 2.24) is 5.01 Å². The van der Waals surface area contributed by atoms with Gasteiger partial charge in [0.25, 0.3) is 0 Å². The summed E-state index contributed by atoms with van der Waals surface area (Å²) >= 11 is 0. The lowest BCUT2D eigenvalue weighted by Gasteiger charge is -2.22. The standard InChI is InChI=1S/C21H22N2O6S/c1-30(28,29)13-14-5-4-6-15(11-14)17-12-18(16-7-2-3-8-19(16)24)23(22-17)20(25)9-10-21(26)27/h2-8,11,18,24H,9-10,12-13H2,1H3,(H,26,27)/p-1/t18-/m0/s1. The molecule has 0 bridgehead atoms. The number of phenolic OH excluding ortho intramolecular Hbond substituents is 1. The molecule has 3 rings (SSSR count). The van der Waals surface area contributed by atoms with E-state index in [-0.39, 0.29) is 24.3 Å². The van der Waals surface area contributed by atoms with E-state index < -0.39 is 34.2 Å². The van der Waals surface area contributed by atoms with Gasteiger partial charge in [0.15, 0.2) is 9.84 Å². The van der Waals surface area contributed by atoms with Crippen molar-refractivity contribution in [3.63, 3.8) is 0 Å². The predicted octanol–water partition coefficient (Wildman–Crippen LogP) is 1.14. The van der Waals surface area contributed by atoms with E-state index in [1.54, 1.807) is 42.5 Å². The van der Waals surface area contributed by atoms with E-state index in [9.17, 15) is 28.2 Å². The maximum atomic E-state index is 12.6. The molecule has 1 aliphatic heterocycles. The Morgan fingerprint density at radius 2 is 1.90 bits per heavy atom. The van der Waals surface area contributed by atoms with Crippen molar-refractivity contribution in [1.29, 1.82) is 0 Å². The molecule has 8 nitrogen and oxygen atoms in total. The second kappa shape index (κ2) is 8.66. The van der Waals surface area contributed by atoms with Crippen LogP contribution in [0.3, 0.4) is 0 Å². The highest BCUT2D eigenvalue weighted by atomic mass is 32.2. The van der Waals surface area contributed by atoms with Crippen molar-refractivity contribution in [3.05, 3.63) is 65.2 Å². The third-order valence-electron chi connectivity index (χ3n) is 4.69. The first-order valence-electron chi connectivity index (χ1n) is 9.28. The summed E-state index contributed by atoms with van der Waals surface area (Å²) in [7, 11) is -3.22. The number of benzene rings is 2. The van der Waals surface area contributed by atoms with Crippen LogP contribution in [0.25, 0.3) is 0 Å². The number of hydrogen-bond acceptors (Lipinski definition) is 7. The highest BCUT2D eigenvalue weighted by Crippen LogP contribution is 2.37. The van der Waals surface area contributed by atoms with Gasteiger partial charge in [0.05, 0.1) is 17.5 Å². The Kier molecular flexibility index (Phi) is 6.21. The number of sulfone groups is 1. The van der Waals surface area contributed by atoms with E-state index in [4.69, 9.17) is 0 Å². The van der Waals surface area contributed by atoms with Crippen LogP contribution in [-0.2, 0) is 25.2 Å². The number of carboxylic acids is 1. The molecule has 0 saturated heterocycles. The fourth-order valence-electron chi connectivity index (χ4n) is 3.39. The number of amides is 1. The molecule has 0 spiro atoms. The third kappa shape index (κ3) is 5.24. The number of nitrogens with zero attached hydrogens (tertiary/aromatic N) is 2. The first-order chi connectivity index (χ1) is 14.1. The Hall–Kier alpha value is -3.20. The van der Waals surface area contributed by atoms with Gasteiger partial charge < -0.3 is 15.0 Å². The lowest BCUT2D eigenvalue weighted by molar-refractivity contribution is -0.305. The minimum absolute atomic E-state index is 0.00229. The number of aliphatic carboxylic acids is 1. The van der Waals surface area contributed by atoms with E-state index in [1.165, 1.54) is 11.1 Å². The number of carbonyl (C=O) groups excluding carboxylic acids is 2. The van der Waals surface area contributed by atoms with Gasteiger partial charge in [-0.1, -0.05) is 36.4 Å². The topological polar surface area (TPSA) is 127 Å². The van der Waals surface area contributed by atoms with Crippen LogP contribution in [0.15, 0.2) is 53.6 Å². The third-order valence-corrected chi connectivity index (χ3v) is 5.55. The van der Waals surface area contributed by atoms with Gasteiger partial charge >= 0.3 is 0 Å². The molecule has 0 saturated carbocycles. The Bertz CT molecular complexity index is 1110. The Morgan fingerprint density at radius 1 is 1.17 bits per heavy atom. The van der Waals surface area contributed by atoms with Crippen LogP contribution in [-0.4, -0.2) is 42.4 Å². The summed E-state index contributed by atoms with van der Waals surface area (Å²) in [6.45, 7) is 0. The predicted molar refractivity (Wildman–Crippen MR) is 108 cm³/mol. The molecule has 158 valence electrons. The molecule has 1 aliphatic rings. The van der Waals surface area contributed by atoms with Crippen molar-refractivity contribution in [3.8, 4) is 5.75 Å². The van der Waals surface area contributed by atoms with E-state index in [1.807, 2.05) is 0 Å². The van der Waals surface area contributed by atoms with Crippen LogP contribution in [0.5, 0.6) is 5.75 Å². The molecule has 1 heterocycles. The average molecular weight is 429 g/mol. The molecule has 9 heteroatoms. The van der Waals surface area contributed by atoms with E-state index in [0.29, 0.717) is 22.4 Å². The zero-order valence-corrected chi connectivity index (χ0v) is 17.1. The highest BCUT2D eigenvalue weighted by molar-refractivity contribution is 7.89. The Morgan fingerprint density at radius 3 is 2.57 bits per heavy atom. The van der Waals surface area contributed by atoms with Gasteiger partial charge in [0.1, 0.15) is 5.75 Å². The van der Waals surface area contributed by atoms with Crippen LogP contribution in [0.2, 0.25) is 0 Å². The summed E-state index contributed by atoms with van der Waals surface area (Å²) in [5, 5.41) is 26.6. The SMILES string of the molecule is CS(=O)(=O)Cc1cccc(C2=NN(C(=O)CCC(=O)[O-])[C@H](c3ccccc3O)C2)c1. The van der Waals surface area contributed by atoms with E-state index in [2.05, 4.69) is 5.10 Å². The lowest BCUT2D eigenvalue weighted by atomic mass is 9.97. The number of carbonyl (C=O) groups is 2. The second-order valence-corrected chi connectivity index (χ2v) is 9.35. The Labute approximate surface area is 174 Å². The molecule has 2 aromatic carbocycles. The van der Waals surface area contributed by atoms with Crippen molar-refractivity contribution in [2.75, 3.05) is 6.26 Å². The molecule has 2 aromatic rings. The molecular formula is C21H21N2O6S-. The minimum Gasteiger partial charge on any atom is -0.550 e. The normalized spacial score (nSPS) is 16.4. The first kappa shape index (κ1) is 21.5. The van der Waals surface area contributed by atoms with Crippen LogP contribution >= 0.6 is 0 Å². The zero-order chi connectivity index (χ0) is 21.9. The van der Waals surface area contributed by atoms with Crippen molar-refractivity contribution in [2.24, 2.45) is 5.10 Å². The maximum Gasteiger partial charge on any atom is 0.243 e. The fourth-order valence-corrected chi connectivity index (χ4v) is 4.18. The molecule has 0 fully saturated rings. The summed E-state index contributed by atoms with van der Waals surface area (Å²) in [5.41, 5.74) is 2.29.